The second kappa shape index (κ2) is 27.5. The van der Waals surface area contributed by atoms with Crippen LogP contribution in [0.15, 0.2) is 24.8 Å². The molecule has 0 saturated carbocycles. The molecule has 0 aromatic carbocycles. The van der Waals surface area contributed by atoms with E-state index in [2.05, 4.69) is 19.9 Å². The number of aliphatic hydroxyl groups is 4. The van der Waals surface area contributed by atoms with Gasteiger partial charge in [-0.15, -0.1) is 0 Å². The number of aromatic nitrogens is 8. The van der Waals surface area contributed by atoms with Crippen molar-refractivity contribution >= 4 is 23.3 Å². The molecule has 0 amide bonds. The Morgan fingerprint density at radius 2 is 0.615 bits per heavy atom. The normalized spacial score (nSPS) is 9.38. The van der Waals surface area contributed by atoms with Crippen LogP contribution >= 0.6 is 0 Å². The van der Waals surface area contributed by atoms with Gasteiger partial charge in [0, 0.05) is 27.7 Å². The Morgan fingerprint density at radius 3 is 0.731 bits per heavy atom. The SMILES string of the molecule is Cc1ncc([N+](=O)[O-])n1CCO.Cc1ncc([N+](=O)[O-])n1CCO.Cc1ncc([N+](=O)[O-])n1CCO.Cc1ncc([N+](=O)[O-])n1CCO.[Cl-].[Cl-].[Cu+2].[Cu+2]. The molecular weight excluding hydrogens is 846 g/mol. The van der Waals surface area contributed by atoms with E-state index in [1.54, 1.807) is 27.7 Å². The molecule has 52 heavy (non-hydrogen) atoms. The van der Waals surface area contributed by atoms with Crippen molar-refractivity contribution < 1.29 is 99.1 Å². The van der Waals surface area contributed by atoms with E-state index >= 15 is 0 Å². The molecule has 4 heterocycles. The largest absolute Gasteiger partial charge is 2.00 e. The van der Waals surface area contributed by atoms with Crippen LogP contribution < -0.4 is 24.8 Å². The third kappa shape index (κ3) is 16.1. The molecule has 0 fully saturated rings. The first-order valence-corrected chi connectivity index (χ1v) is 13.8. The standard InChI is InChI=1S/4C6H9N3O3.2ClH.2Cu/c4*1-5-7-4-6(9(11)12)8(5)2-3-10;;;;/h4*4,10H,2-3H2,1H3;2*1H;;/q;;;;;;2*+2/p-2. The van der Waals surface area contributed by atoms with Crippen LogP contribution in [0.25, 0.3) is 0 Å². The van der Waals surface area contributed by atoms with E-state index in [0.29, 0.717) is 23.3 Å². The summed E-state index contributed by atoms with van der Waals surface area (Å²) in [5, 5.41) is 75.9. The molecule has 298 valence electrons. The molecule has 0 aliphatic heterocycles. The Bertz CT molecular complexity index is 1440. The Morgan fingerprint density at radius 1 is 0.462 bits per heavy atom. The molecule has 0 bridgehead atoms. The summed E-state index contributed by atoms with van der Waals surface area (Å²) in [7, 11) is 0. The quantitative estimate of drug-likeness (QED) is 0.0586. The van der Waals surface area contributed by atoms with Gasteiger partial charge in [0.05, 0.1) is 26.4 Å². The van der Waals surface area contributed by atoms with E-state index in [-0.39, 0.29) is 135 Å². The number of nitrogens with zero attached hydrogens (tertiary/aromatic N) is 12. The zero-order valence-electron chi connectivity index (χ0n) is 27.7. The van der Waals surface area contributed by atoms with Crippen LogP contribution in [0.3, 0.4) is 0 Å². The van der Waals surface area contributed by atoms with Gasteiger partial charge in [-0.05, 0) is 19.7 Å². The first-order chi connectivity index (χ1) is 22.7. The van der Waals surface area contributed by atoms with E-state index in [4.69, 9.17) is 20.4 Å². The molecular formula is C24H36Cl2Cu2N12O12+2. The molecule has 0 atom stereocenters. The summed E-state index contributed by atoms with van der Waals surface area (Å²) < 4.78 is 5.44. The van der Waals surface area contributed by atoms with E-state index in [1.165, 1.54) is 43.1 Å². The minimum absolute atomic E-state index is 0. The summed E-state index contributed by atoms with van der Waals surface area (Å²) in [6, 6.07) is 0. The van der Waals surface area contributed by atoms with Crippen molar-refractivity contribution in [2.24, 2.45) is 0 Å². The average molecular weight is 883 g/mol. The molecule has 28 heteroatoms. The number of halogens is 2. The molecule has 0 spiro atoms. The third-order valence-corrected chi connectivity index (χ3v) is 6.18. The van der Waals surface area contributed by atoms with Gasteiger partial charge in [-0.1, -0.05) is 0 Å². The zero-order valence-corrected chi connectivity index (χ0v) is 31.1. The fraction of sp³-hybridized carbons (Fsp3) is 0.500. The predicted octanol–water partition coefficient (Wildman–Crippen LogP) is -5.63. The Kier molecular flexibility index (Phi) is 29.0. The number of nitro groups is 4. The molecule has 24 nitrogen and oxygen atoms in total. The number of rotatable bonds is 12. The van der Waals surface area contributed by atoms with Gasteiger partial charge in [-0.25, -0.2) is 38.2 Å². The maximum atomic E-state index is 10.4. The van der Waals surface area contributed by atoms with Crippen LogP contribution in [-0.2, 0) is 60.3 Å². The number of aliphatic hydroxyl groups excluding tert-OH is 4. The van der Waals surface area contributed by atoms with Gasteiger partial charge in [0.1, 0.15) is 51.0 Å². The number of aryl methyl sites for hydroxylation is 4. The van der Waals surface area contributed by atoms with E-state index in [9.17, 15) is 40.5 Å². The summed E-state index contributed by atoms with van der Waals surface area (Å²) in [6.07, 6.45) is 4.74. The molecule has 4 aromatic heterocycles. The fourth-order valence-corrected chi connectivity index (χ4v) is 3.91. The summed E-state index contributed by atoms with van der Waals surface area (Å²) in [6.45, 7) is 6.96. The van der Waals surface area contributed by atoms with Crippen molar-refractivity contribution in [3.63, 3.8) is 0 Å². The van der Waals surface area contributed by atoms with Crippen LogP contribution in [0.5, 0.6) is 0 Å². The summed E-state index contributed by atoms with van der Waals surface area (Å²) in [4.78, 5) is 54.5. The second-order valence-electron chi connectivity index (χ2n) is 9.18. The molecule has 0 unspecified atom stereocenters. The summed E-state index contributed by atoms with van der Waals surface area (Å²) >= 11 is 0. The Labute approximate surface area is 328 Å². The van der Waals surface area contributed by atoms with Gasteiger partial charge in [0.2, 0.25) is 0 Å². The number of hydrogen-bond acceptors (Lipinski definition) is 16. The van der Waals surface area contributed by atoms with Crippen molar-refractivity contribution in [2.45, 2.75) is 53.9 Å². The van der Waals surface area contributed by atoms with Crippen molar-refractivity contribution in [1.82, 2.24) is 38.2 Å². The van der Waals surface area contributed by atoms with Crippen molar-refractivity contribution in [3.8, 4) is 0 Å². The molecule has 4 aromatic rings. The monoisotopic (exact) mass is 880 g/mol. The number of hydrogen-bond donors (Lipinski definition) is 4. The molecule has 4 N–H and O–H groups in total. The minimum atomic E-state index is -0.518. The van der Waals surface area contributed by atoms with Crippen LogP contribution in [-0.4, -0.2) is 105 Å². The average Bonchev–Trinajstić information content (AvgIpc) is 3.78. The van der Waals surface area contributed by atoms with Gasteiger partial charge in [0.15, 0.2) is 23.3 Å². The number of imidazole rings is 4. The fourth-order valence-electron chi connectivity index (χ4n) is 3.91. The van der Waals surface area contributed by atoms with Crippen LogP contribution in [0.2, 0.25) is 0 Å². The van der Waals surface area contributed by atoms with Crippen LogP contribution in [0.4, 0.5) is 23.3 Å². The summed E-state index contributed by atoms with van der Waals surface area (Å²) in [5.41, 5.74) is 0. The van der Waals surface area contributed by atoms with E-state index in [0.717, 1.165) is 0 Å². The summed E-state index contributed by atoms with van der Waals surface area (Å²) in [5.74, 6) is 1.82. The second-order valence-corrected chi connectivity index (χ2v) is 9.18. The molecule has 0 saturated heterocycles. The van der Waals surface area contributed by atoms with E-state index in [1.807, 2.05) is 0 Å². The Hall–Kier alpha value is -4.10. The van der Waals surface area contributed by atoms with E-state index < -0.39 is 19.7 Å². The first-order valence-electron chi connectivity index (χ1n) is 13.8. The van der Waals surface area contributed by atoms with Crippen molar-refractivity contribution in [1.29, 1.82) is 0 Å². The topological polar surface area (TPSA) is 325 Å². The van der Waals surface area contributed by atoms with Crippen LogP contribution in [0, 0.1) is 68.2 Å². The minimum Gasteiger partial charge on any atom is -1.00 e. The van der Waals surface area contributed by atoms with Crippen molar-refractivity contribution in [2.75, 3.05) is 26.4 Å². The van der Waals surface area contributed by atoms with Gasteiger partial charge in [-0.3, -0.25) is 0 Å². The maximum Gasteiger partial charge on any atom is 2.00 e. The third-order valence-electron chi connectivity index (χ3n) is 6.18. The first kappa shape index (κ1) is 54.7. The molecule has 0 aliphatic carbocycles. The van der Waals surface area contributed by atoms with Gasteiger partial charge < -0.3 is 85.7 Å². The van der Waals surface area contributed by atoms with Gasteiger partial charge in [0.25, 0.3) is 0 Å². The zero-order chi connectivity index (χ0) is 36.6. The van der Waals surface area contributed by atoms with Gasteiger partial charge >= 0.3 is 57.4 Å². The van der Waals surface area contributed by atoms with Crippen LogP contribution in [0.1, 0.15) is 23.3 Å². The predicted molar refractivity (Wildman–Crippen MR) is 163 cm³/mol. The Balaban J connectivity index is -0.000000288. The van der Waals surface area contributed by atoms with Crippen molar-refractivity contribution in [3.05, 3.63) is 88.5 Å². The maximum absolute atomic E-state index is 10.4. The molecule has 2 radical (unpaired) electrons. The molecule has 0 aliphatic rings. The molecule has 4 rings (SSSR count). The smallest absolute Gasteiger partial charge is 1.00 e. The van der Waals surface area contributed by atoms with Gasteiger partial charge in [-0.2, -0.15) is 0 Å².